The van der Waals surface area contributed by atoms with E-state index in [1.54, 1.807) is 13.0 Å². The molecule has 20 heavy (non-hydrogen) atoms. The number of urea groups is 1. The first-order valence-corrected chi connectivity index (χ1v) is 7.06. The van der Waals surface area contributed by atoms with E-state index in [2.05, 4.69) is 10.6 Å². The summed E-state index contributed by atoms with van der Waals surface area (Å²) in [5, 5.41) is 5.72. The molecule has 1 fully saturated rings. The summed E-state index contributed by atoms with van der Waals surface area (Å²) in [6.45, 7) is 5.37. The van der Waals surface area contributed by atoms with Crippen LogP contribution in [0.3, 0.4) is 0 Å². The fourth-order valence-corrected chi connectivity index (χ4v) is 2.20. The van der Waals surface area contributed by atoms with Gasteiger partial charge in [-0.05, 0) is 37.5 Å². The number of nitrogens with zero attached hydrogens (tertiary/aromatic N) is 1. The van der Waals surface area contributed by atoms with Gasteiger partial charge in [0.15, 0.2) is 0 Å². The molecule has 0 bridgehead atoms. The molecule has 3 amide bonds. The Bertz CT molecular complexity index is 508. The molecule has 0 aromatic heterocycles. The van der Waals surface area contributed by atoms with E-state index >= 15 is 0 Å². The molecule has 1 aromatic carbocycles. The smallest absolute Gasteiger partial charge is 0.321 e. The number of anilines is 2. The summed E-state index contributed by atoms with van der Waals surface area (Å²) in [5.41, 5.74) is 2.43. The van der Waals surface area contributed by atoms with Gasteiger partial charge < -0.3 is 15.5 Å². The van der Waals surface area contributed by atoms with Gasteiger partial charge in [0.05, 0.1) is 0 Å². The lowest BCUT2D eigenvalue weighted by Crippen LogP contribution is -2.32. The highest BCUT2D eigenvalue weighted by Gasteiger charge is 2.18. The molecule has 0 aliphatic carbocycles. The molecule has 1 aliphatic rings. The lowest BCUT2D eigenvalue weighted by Gasteiger charge is -2.18. The van der Waals surface area contributed by atoms with Gasteiger partial charge in [0.25, 0.3) is 0 Å². The molecule has 0 spiro atoms. The summed E-state index contributed by atoms with van der Waals surface area (Å²) in [5.74, 6) is -0.0364. The largest absolute Gasteiger partial charge is 0.326 e. The number of hydrogen-bond acceptors (Lipinski definition) is 2. The van der Waals surface area contributed by atoms with Crippen LogP contribution in [0.1, 0.15) is 31.7 Å². The number of amides is 3. The van der Waals surface area contributed by atoms with Crippen LogP contribution in [0, 0.1) is 6.92 Å². The van der Waals surface area contributed by atoms with Crippen LogP contribution < -0.4 is 10.6 Å². The van der Waals surface area contributed by atoms with E-state index in [-0.39, 0.29) is 11.9 Å². The van der Waals surface area contributed by atoms with Gasteiger partial charge in [-0.15, -0.1) is 0 Å². The molecule has 108 valence electrons. The number of rotatable bonds is 3. The summed E-state index contributed by atoms with van der Waals surface area (Å²) < 4.78 is 0. The van der Waals surface area contributed by atoms with E-state index in [9.17, 15) is 9.59 Å². The number of benzene rings is 1. The van der Waals surface area contributed by atoms with Gasteiger partial charge in [0, 0.05) is 30.9 Å². The molecule has 2 N–H and O–H groups in total. The summed E-state index contributed by atoms with van der Waals surface area (Å²) in [6.07, 6.45) is 2.57. The lowest BCUT2D eigenvalue weighted by atomic mass is 10.1. The third-order valence-electron chi connectivity index (χ3n) is 3.48. The number of carbonyl (C=O) groups excluding carboxylic acids is 2. The minimum atomic E-state index is -0.0652. The van der Waals surface area contributed by atoms with Crippen molar-refractivity contribution >= 4 is 23.3 Å². The molecule has 1 aliphatic heterocycles. The Kier molecular flexibility index (Phi) is 4.61. The third kappa shape index (κ3) is 3.50. The Morgan fingerprint density at radius 3 is 2.55 bits per heavy atom. The molecular weight excluding hydrogens is 254 g/mol. The van der Waals surface area contributed by atoms with Crippen LogP contribution in [0.4, 0.5) is 16.2 Å². The molecule has 5 nitrogen and oxygen atoms in total. The van der Waals surface area contributed by atoms with Gasteiger partial charge >= 0.3 is 6.03 Å². The van der Waals surface area contributed by atoms with Crippen LogP contribution >= 0.6 is 0 Å². The Balaban J connectivity index is 2.07. The second kappa shape index (κ2) is 6.41. The maximum absolute atomic E-state index is 12.1. The van der Waals surface area contributed by atoms with Gasteiger partial charge in [-0.3, -0.25) is 4.79 Å². The second-order valence-electron chi connectivity index (χ2n) is 5.06. The maximum Gasteiger partial charge on any atom is 0.321 e. The summed E-state index contributed by atoms with van der Waals surface area (Å²) >= 11 is 0. The Hall–Kier alpha value is -2.04. The van der Waals surface area contributed by atoms with Crippen molar-refractivity contribution in [3.8, 4) is 0 Å². The van der Waals surface area contributed by atoms with Gasteiger partial charge in [0.2, 0.25) is 5.91 Å². The van der Waals surface area contributed by atoms with Crippen molar-refractivity contribution < 1.29 is 9.59 Å². The van der Waals surface area contributed by atoms with Crippen LogP contribution in [-0.4, -0.2) is 29.9 Å². The first kappa shape index (κ1) is 14.4. The summed E-state index contributed by atoms with van der Waals surface area (Å²) in [7, 11) is 0. The molecule has 5 heteroatoms. The quantitative estimate of drug-likeness (QED) is 0.891. The standard InChI is InChI=1S/C15H21N3O2/c1-3-14(19)16-12-7-6-11(2)13(10-12)17-15(20)18-8-4-5-9-18/h6-7,10H,3-5,8-9H2,1-2H3,(H,16,19)(H,17,20). The third-order valence-corrected chi connectivity index (χ3v) is 3.48. The van der Waals surface area contributed by atoms with Crippen molar-refractivity contribution in [2.45, 2.75) is 33.1 Å². The summed E-state index contributed by atoms with van der Waals surface area (Å²) in [4.78, 5) is 25.3. The van der Waals surface area contributed by atoms with Crippen LogP contribution in [0.5, 0.6) is 0 Å². The monoisotopic (exact) mass is 275 g/mol. The molecule has 2 rings (SSSR count). The lowest BCUT2D eigenvalue weighted by molar-refractivity contribution is -0.115. The normalized spacial score (nSPS) is 14.2. The first-order chi connectivity index (χ1) is 9.60. The molecule has 1 heterocycles. The van der Waals surface area contributed by atoms with Crippen LogP contribution in [0.2, 0.25) is 0 Å². The van der Waals surface area contributed by atoms with Gasteiger partial charge in [-0.1, -0.05) is 13.0 Å². The van der Waals surface area contributed by atoms with Crippen molar-refractivity contribution in [2.75, 3.05) is 23.7 Å². The minimum absolute atomic E-state index is 0.0364. The first-order valence-electron chi connectivity index (χ1n) is 7.06. The number of likely N-dealkylation sites (tertiary alicyclic amines) is 1. The molecule has 0 atom stereocenters. The zero-order valence-corrected chi connectivity index (χ0v) is 12.0. The van der Waals surface area contributed by atoms with E-state index in [1.807, 2.05) is 24.0 Å². The Labute approximate surface area is 119 Å². The van der Waals surface area contributed by atoms with Crippen molar-refractivity contribution in [1.29, 1.82) is 0 Å². The second-order valence-corrected chi connectivity index (χ2v) is 5.06. The SMILES string of the molecule is CCC(=O)Nc1ccc(C)c(NC(=O)N2CCCC2)c1. The Morgan fingerprint density at radius 1 is 1.20 bits per heavy atom. The van der Waals surface area contributed by atoms with Crippen molar-refractivity contribution in [3.63, 3.8) is 0 Å². The zero-order valence-electron chi connectivity index (χ0n) is 12.0. The zero-order chi connectivity index (χ0) is 14.5. The average molecular weight is 275 g/mol. The van der Waals surface area contributed by atoms with E-state index in [0.717, 1.165) is 37.2 Å². The van der Waals surface area contributed by atoms with Crippen LogP contribution in [0.15, 0.2) is 18.2 Å². The number of hydrogen-bond donors (Lipinski definition) is 2. The number of aryl methyl sites for hydroxylation is 1. The molecule has 0 unspecified atom stereocenters. The highest BCUT2D eigenvalue weighted by Crippen LogP contribution is 2.21. The highest BCUT2D eigenvalue weighted by molar-refractivity contribution is 5.94. The van der Waals surface area contributed by atoms with Crippen molar-refractivity contribution in [3.05, 3.63) is 23.8 Å². The molecular formula is C15H21N3O2. The molecule has 0 saturated carbocycles. The fourth-order valence-electron chi connectivity index (χ4n) is 2.20. The average Bonchev–Trinajstić information content (AvgIpc) is 2.96. The highest BCUT2D eigenvalue weighted by atomic mass is 16.2. The van der Waals surface area contributed by atoms with E-state index in [0.29, 0.717) is 12.1 Å². The number of carbonyl (C=O) groups is 2. The topological polar surface area (TPSA) is 61.4 Å². The van der Waals surface area contributed by atoms with Crippen LogP contribution in [-0.2, 0) is 4.79 Å². The van der Waals surface area contributed by atoms with Crippen LogP contribution in [0.25, 0.3) is 0 Å². The molecule has 1 aromatic rings. The number of nitrogens with one attached hydrogen (secondary N) is 2. The van der Waals surface area contributed by atoms with E-state index < -0.39 is 0 Å². The van der Waals surface area contributed by atoms with Crippen molar-refractivity contribution in [2.24, 2.45) is 0 Å². The summed E-state index contributed by atoms with van der Waals surface area (Å²) in [6, 6.07) is 5.47. The fraction of sp³-hybridized carbons (Fsp3) is 0.467. The van der Waals surface area contributed by atoms with Crippen molar-refractivity contribution in [1.82, 2.24) is 4.90 Å². The minimum Gasteiger partial charge on any atom is -0.326 e. The predicted octanol–water partition coefficient (Wildman–Crippen LogP) is 2.97. The van der Waals surface area contributed by atoms with Gasteiger partial charge in [-0.2, -0.15) is 0 Å². The Morgan fingerprint density at radius 2 is 1.90 bits per heavy atom. The molecule has 1 saturated heterocycles. The van der Waals surface area contributed by atoms with Gasteiger partial charge in [-0.25, -0.2) is 4.79 Å². The predicted molar refractivity (Wildman–Crippen MR) is 79.9 cm³/mol. The van der Waals surface area contributed by atoms with Gasteiger partial charge in [0.1, 0.15) is 0 Å². The van der Waals surface area contributed by atoms with E-state index in [4.69, 9.17) is 0 Å². The maximum atomic E-state index is 12.1. The van der Waals surface area contributed by atoms with E-state index in [1.165, 1.54) is 0 Å². The molecule has 0 radical (unpaired) electrons.